The fourth-order valence-electron chi connectivity index (χ4n) is 2.15. The molecule has 1 aromatic rings. The number of nitrogens with two attached hydrogens (primary N) is 2. The van der Waals surface area contributed by atoms with Crippen LogP contribution in [0.1, 0.15) is 6.92 Å². The molecule has 1 aliphatic rings. The minimum absolute atomic E-state index is 0.0108. The van der Waals surface area contributed by atoms with Crippen molar-refractivity contribution in [2.45, 2.75) is 13.0 Å². The van der Waals surface area contributed by atoms with Crippen molar-refractivity contribution in [3.05, 3.63) is 16.9 Å². The van der Waals surface area contributed by atoms with Crippen LogP contribution in [0.25, 0.3) is 0 Å². The molecular weight excluding hydrogens is 299 g/mol. The lowest BCUT2D eigenvalue weighted by Crippen LogP contribution is -2.47. The second kappa shape index (κ2) is 6.36. The van der Waals surface area contributed by atoms with E-state index < -0.39 is 11.9 Å². The summed E-state index contributed by atoms with van der Waals surface area (Å²) in [6.45, 7) is 3.68. The van der Waals surface area contributed by atoms with E-state index in [0.717, 1.165) is 0 Å². The smallest absolute Gasteiger partial charge is 0.244 e. The molecule has 1 fully saturated rings. The van der Waals surface area contributed by atoms with Crippen LogP contribution >= 0.6 is 11.6 Å². The topological polar surface area (TPSA) is 93.6 Å². The van der Waals surface area contributed by atoms with E-state index in [1.165, 1.54) is 6.07 Å². The Morgan fingerprint density at radius 2 is 2.05 bits per heavy atom. The zero-order valence-electron chi connectivity index (χ0n) is 11.7. The Kier molecular flexibility index (Phi) is 4.74. The van der Waals surface area contributed by atoms with Gasteiger partial charge in [0.2, 0.25) is 5.91 Å². The van der Waals surface area contributed by atoms with Crippen molar-refractivity contribution in [2.75, 3.05) is 43.1 Å². The summed E-state index contributed by atoms with van der Waals surface area (Å²) < 4.78 is 19.3. The van der Waals surface area contributed by atoms with Crippen LogP contribution in [-0.2, 0) is 9.53 Å². The highest BCUT2D eigenvalue weighted by molar-refractivity contribution is 6.33. The number of ether oxygens (including phenoxy) is 1. The molecule has 0 radical (unpaired) electrons. The molecule has 0 bridgehead atoms. The number of hydrogen-bond donors (Lipinski definition) is 3. The zero-order valence-corrected chi connectivity index (χ0v) is 12.4. The van der Waals surface area contributed by atoms with Gasteiger partial charge >= 0.3 is 0 Å². The number of hydrogen-bond acceptors (Lipinski definition) is 5. The van der Waals surface area contributed by atoms with Crippen molar-refractivity contribution < 1.29 is 13.9 Å². The van der Waals surface area contributed by atoms with Crippen LogP contribution in [0.15, 0.2) is 6.07 Å². The van der Waals surface area contributed by atoms with Crippen molar-refractivity contribution in [3.8, 4) is 0 Å². The summed E-state index contributed by atoms with van der Waals surface area (Å²) in [6.07, 6.45) is 0. The molecule has 2 rings (SSSR count). The van der Waals surface area contributed by atoms with Crippen LogP contribution in [0.5, 0.6) is 0 Å². The fourth-order valence-corrected chi connectivity index (χ4v) is 2.30. The molecule has 1 saturated heterocycles. The summed E-state index contributed by atoms with van der Waals surface area (Å²) in [5.74, 6) is -0.902. The number of nitrogens with one attached hydrogen (secondary N) is 1. The van der Waals surface area contributed by atoms with Crippen molar-refractivity contribution in [1.29, 1.82) is 0 Å². The summed E-state index contributed by atoms with van der Waals surface area (Å²) in [5.41, 5.74) is 11.4. The van der Waals surface area contributed by atoms with Crippen LogP contribution in [0, 0.1) is 5.82 Å². The van der Waals surface area contributed by atoms with E-state index in [9.17, 15) is 9.18 Å². The third-order valence-electron chi connectivity index (χ3n) is 3.32. The average molecular weight is 317 g/mol. The number of nitrogen functional groups attached to an aromatic ring is 2. The van der Waals surface area contributed by atoms with Crippen molar-refractivity contribution >= 4 is 34.6 Å². The number of carbonyl (C=O) groups is 1. The van der Waals surface area contributed by atoms with Crippen LogP contribution in [0.4, 0.5) is 21.5 Å². The number of amides is 1. The number of anilines is 3. The lowest BCUT2D eigenvalue weighted by molar-refractivity contribution is -0.135. The van der Waals surface area contributed by atoms with Gasteiger partial charge in [-0.25, -0.2) is 4.39 Å². The van der Waals surface area contributed by atoms with Gasteiger partial charge in [-0.2, -0.15) is 0 Å². The van der Waals surface area contributed by atoms with Gasteiger partial charge in [0.1, 0.15) is 11.1 Å². The summed E-state index contributed by atoms with van der Waals surface area (Å²) in [6, 6.07) is 0.722. The van der Waals surface area contributed by atoms with Crippen LogP contribution in [0.2, 0.25) is 5.02 Å². The maximum absolute atomic E-state index is 14.1. The van der Waals surface area contributed by atoms with E-state index in [-0.39, 0.29) is 28.0 Å². The number of carbonyl (C=O) groups excluding carboxylic acids is 1. The molecule has 1 atom stereocenters. The Balaban J connectivity index is 2.14. The molecule has 21 heavy (non-hydrogen) atoms. The number of morpholine rings is 1. The highest BCUT2D eigenvalue weighted by Gasteiger charge is 2.24. The Labute approximate surface area is 127 Å². The fraction of sp³-hybridized carbons (Fsp3) is 0.462. The molecule has 0 spiro atoms. The van der Waals surface area contributed by atoms with Gasteiger partial charge < -0.3 is 26.4 Å². The minimum atomic E-state index is -0.754. The number of rotatable bonds is 3. The Morgan fingerprint density at radius 3 is 2.67 bits per heavy atom. The SMILES string of the molecule is CC(Nc1c(N)cc(N)c(Cl)c1F)C(=O)N1CCOCC1. The highest BCUT2D eigenvalue weighted by Crippen LogP contribution is 2.34. The van der Waals surface area contributed by atoms with Gasteiger partial charge in [-0.15, -0.1) is 0 Å². The monoisotopic (exact) mass is 316 g/mol. The summed E-state index contributed by atoms with van der Waals surface area (Å²) in [5, 5.41) is 2.56. The second-order valence-electron chi connectivity index (χ2n) is 4.86. The largest absolute Gasteiger partial charge is 0.397 e. The van der Waals surface area contributed by atoms with E-state index >= 15 is 0 Å². The Bertz CT molecular complexity index is 549. The van der Waals surface area contributed by atoms with Crippen molar-refractivity contribution in [2.24, 2.45) is 0 Å². The Morgan fingerprint density at radius 1 is 1.43 bits per heavy atom. The standard InChI is InChI=1S/C13H18ClFN4O2/c1-7(13(20)19-2-4-21-5-3-19)18-12-9(17)6-8(16)10(14)11(12)15/h6-7,18H,2-5,16-17H2,1H3. The molecule has 1 unspecified atom stereocenters. The predicted molar refractivity (Wildman–Crippen MR) is 80.7 cm³/mol. The molecule has 0 saturated carbocycles. The molecule has 1 heterocycles. The Hall–Kier alpha value is -1.73. The first-order valence-corrected chi connectivity index (χ1v) is 6.95. The molecule has 6 nitrogen and oxygen atoms in total. The quantitative estimate of drug-likeness (QED) is 0.731. The molecule has 0 aliphatic carbocycles. The van der Waals surface area contributed by atoms with Crippen LogP contribution in [-0.4, -0.2) is 43.2 Å². The maximum Gasteiger partial charge on any atom is 0.244 e. The highest BCUT2D eigenvalue weighted by atomic mass is 35.5. The first-order chi connectivity index (χ1) is 9.91. The van der Waals surface area contributed by atoms with E-state index in [2.05, 4.69) is 5.32 Å². The van der Waals surface area contributed by atoms with Gasteiger partial charge in [-0.05, 0) is 13.0 Å². The van der Waals surface area contributed by atoms with Gasteiger partial charge in [-0.1, -0.05) is 11.6 Å². The van der Waals surface area contributed by atoms with E-state index in [4.69, 9.17) is 27.8 Å². The second-order valence-corrected chi connectivity index (χ2v) is 5.24. The summed E-state index contributed by atoms with van der Waals surface area (Å²) >= 11 is 5.76. The molecule has 1 amide bonds. The average Bonchev–Trinajstić information content (AvgIpc) is 2.49. The predicted octanol–water partition coefficient (Wildman–Crippen LogP) is 1.30. The maximum atomic E-state index is 14.1. The van der Waals surface area contributed by atoms with Gasteiger partial charge in [0.15, 0.2) is 5.82 Å². The summed E-state index contributed by atoms with van der Waals surface area (Å²) in [7, 11) is 0. The third kappa shape index (κ3) is 3.30. The molecular formula is C13H18ClFN4O2. The minimum Gasteiger partial charge on any atom is -0.397 e. The molecule has 1 aromatic carbocycles. The van der Waals surface area contributed by atoms with Gasteiger partial charge in [-0.3, -0.25) is 4.79 Å². The molecule has 0 aromatic heterocycles. The molecule has 116 valence electrons. The van der Waals surface area contributed by atoms with Gasteiger partial charge in [0.05, 0.1) is 30.3 Å². The first kappa shape index (κ1) is 15.7. The number of nitrogens with zero attached hydrogens (tertiary/aromatic N) is 1. The molecule has 8 heteroatoms. The lowest BCUT2D eigenvalue weighted by atomic mass is 10.2. The number of halogens is 2. The number of benzene rings is 1. The van der Waals surface area contributed by atoms with E-state index in [1.54, 1.807) is 11.8 Å². The summed E-state index contributed by atoms with van der Waals surface area (Å²) in [4.78, 5) is 13.9. The van der Waals surface area contributed by atoms with Crippen molar-refractivity contribution in [1.82, 2.24) is 4.90 Å². The van der Waals surface area contributed by atoms with E-state index in [0.29, 0.717) is 26.3 Å². The van der Waals surface area contributed by atoms with Crippen LogP contribution < -0.4 is 16.8 Å². The third-order valence-corrected chi connectivity index (χ3v) is 3.70. The van der Waals surface area contributed by atoms with Gasteiger partial charge in [0.25, 0.3) is 0 Å². The zero-order chi connectivity index (χ0) is 15.6. The van der Waals surface area contributed by atoms with E-state index in [1.807, 2.05) is 0 Å². The molecule has 5 N–H and O–H groups in total. The normalized spacial score (nSPS) is 16.6. The lowest BCUT2D eigenvalue weighted by Gasteiger charge is -2.30. The van der Waals surface area contributed by atoms with Gasteiger partial charge in [0, 0.05) is 13.1 Å². The van der Waals surface area contributed by atoms with Crippen LogP contribution in [0.3, 0.4) is 0 Å². The first-order valence-electron chi connectivity index (χ1n) is 6.57. The molecule has 1 aliphatic heterocycles. The van der Waals surface area contributed by atoms with Crippen molar-refractivity contribution in [3.63, 3.8) is 0 Å².